The average molecular weight is 514 g/mol. The molecule has 7 rings (SSSR count). The van der Waals surface area contributed by atoms with Gasteiger partial charge in [0.25, 0.3) is 0 Å². The fourth-order valence-corrected chi connectivity index (χ4v) is 6.08. The highest BCUT2D eigenvalue weighted by atomic mass is 15.3. The topological polar surface area (TPSA) is 51.0 Å². The van der Waals surface area contributed by atoms with Crippen LogP contribution in [0.2, 0.25) is 0 Å². The molecular weight excluding hydrogens is 478 g/mol. The Kier molecular flexibility index (Phi) is 6.18. The van der Waals surface area contributed by atoms with E-state index < -0.39 is 0 Å². The third kappa shape index (κ3) is 4.84. The van der Waals surface area contributed by atoms with E-state index in [-0.39, 0.29) is 5.41 Å². The fourth-order valence-electron chi connectivity index (χ4n) is 6.08. The summed E-state index contributed by atoms with van der Waals surface area (Å²) in [6, 6.07) is 21.9. The van der Waals surface area contributed by atoms with E-state index in [1.165, 1.54) is 38.6 Å². The number of nitrogens with zero attached hydrogens (tertiary/aromatic N) is 3. The Hall–Kier alpha value is -3.93. The average Bonchev–Trinajstić information content (AvgIpc) is 3.62. The highest BCUT2D eigenvalue weighted by molar-refractivity contribution is 5.96. The molecule has 39 heavy (non-hydrogen) atoms. The zero-order valence-corrected chi connectivity index (χ0v) is 22.5. The minimum Gasteiger partial charge on any atom is -0.361 e. The van der Waals surface area contributed by atoms with Gasteiger partial charge >= 0.3 is 0 Å². The third-order valence-corrected chi connectivity index (χ3v) is 8.63. The highest BCUT2D eigenvalue weighted by Crippen LogP contribution is 2.37. The molecule has 5 nitrogen and oxygen atoms in total. The van der Waals surface area contributed by atoms with E-state index in [0.29, 0.717) is 0 Å². The first-order valence-corrected chi connectivity index (χ1v) is 14.1. The van der Waals surface area contributed by atoms with Gasteiger partial charge in [-0.3, -0.25) is 9.80 Å². The van der Waals surface area contributed by atoms with Gasteiger partial charge in [-0.15, -0.1) is 0 Å². The summed E-state index contributed by atoms with van der Waals surface area (Å²) in [5, 5.41) is 2.41. The summed E-state index contributed by atoms with van der Waals surface area (Å²) in [7, 11) is 0. The maximum absolute atomic E-state index is 4.82. The van der Waals surface area contributed by atoms with Gasteiger partial charge in [-0.2, -0.15) is 0 Å². The summed E-state index contributed by atoms with van der Waals surface area (Å²) in [6.45, 7) is 8.93. The molecule has 0 radical (unpaired) electrons. The molecule has 0 bridgehead atoms. The van der Waals surface area contributed by atoms with Gasteiger partial charge in [0.2, 0.25) is 0 Å². The monoisotopic (exact) mass is 513 g/mol. The number of hydrogen-bond acceptors (Lipinski definition) is 3. The van der Waals surface area contributed by atoms with E-state index in [2.05, 4.69) is 112 Å². The number of piperazine rings is 1. The lowest BCUT2D eigenvalue weighted by atomic mass is 9.76. The van der Waals surface area contributed by atoms with E-state index in [4.69, 9.17) is 4.98 Å². The predicted octanol–water partition coefficient (Wildman–Crippen LogP) is 6.67. The summed E-state index contributed by atoms with van der Waals surface area (Å²) in [5.74, 6) is 0. The molecule has 1 atom stereocenters. The van der Waals surface area contributed by atoms with E-state index in [9.17, 15) is 0 Å². The van der Waals surface area contributed by atoms with Crippen LogP contribution in [0.25, 0.3) is 33.1 Å². The number of H-pyrrole nitrogens is 2. The van der Waals surface area contributed by atoms with Crippen LogP contribution in [-0.2, 0) is 12.0 Å². The number of rotatable bonds is 6. The highest BCUT2D eigenvalue weighted by Gasteiger charge is 2.27. The van der Waals surface area contributed by atoms with Crippen molar-refractivity contribution in [3.63, 3.8) is 0 Å². The summed E-state index contributed by atoms with van der Waals surface area (Å²) in [4.78, 5) is 16.7. The van der Waals surface area contributed by atoms with E-state index >= 15 is 0 Å². The number of pyridine rings is 1. The van der Waals surface area contributed by atoms with Gasteiger partial charge in [0, 0.05) is 79.7 Å². The molecule has 0 amide bonds. The standard InChI is InChI=1S/C34H35N5/c1-34(12-9-26(10-13-34)24-39-17-15-38(16-18-39)23-25-5-3-2-4-6-25)29-20-30-31(22-37-33(30)36-21-29)27-7-8-32-28(19-27)11-14-35-32/h2-12,14,19-22,35H,13,15-18,23-24H2,1H3,(H,36,37). The molecule has 196 valence electrons. The maximum Gasteiger partial charge on any atom is 0.137 e. The number of allylic oxidation sites excluding steroid dienone is 2. The third-order valence-electron chi connectivity index (χ3n) is 8.63. The maximum atomic E-state index is 4.82. The molecule has 1 aliphatic carbocycles. The number of fused-ring (bicyclic) bond motifs is 2. The van der Waals surface area contributed by atoms with Gasteiger partial charge in [-0.25, -0.2) is 4.98 Å². The molecule has 2 N–H and O–H groups in total. The quantitative estimate of drug-likeness (QED) is 0.267. The van der Waals surface area contributed by atoms with Crippen molar-refractivity contribution in [2.24, 2.45) is 0 Å². The lowest BCUT2D eigenvalue weighted by molar-refractivity contribution is 0.135. The van der Waals surface area contributed by atoms with Crippen LogP contribution in [0.15, 0.2) is 103 Å². The first-order chi connectivity index (χ1) is 19.1. The van der Waals surface area contributed by atoms with Crippen molar-refractivity contribution < 1.29 is 0 Å². The zero-order valence-electron chi connectivity index (χ0n) is 22.5. The summed E-state index contributed by atoms with van der Waals surface area (Å²) in [6.07, 6.45) is 14.3. The zero-order chi connectivity index (χ0) is 26.2. The smallest absolute Gasteiger partial charge is 0.137 e. The Balaban J connectivity index is 1.03. The van der Waals surface area contributed by atoms with Crippen molar-refractivity contribution in [1.29, 1.82) is 0 Å². The van der Waals surface area contributed by atoms with Crippen molar-refractivity contribution in [3.05, 3.63) is 114 Å². The molecule has 1 saturated heterocycles. The second kappa shape index (κ2) is 9.99. The van der Waals surface area contributed by atoms with Crippen LogP contribution in [0, 0.1) is 0 Å². The molecule has 5 heteroatoms. The van der Waals surface area contributed by atoms with E-state index in [0.717, 1.165) is 56.9 Å². The van der Waals surface area contributed by atoms with Crippen LogP contribution >= 0.6 is 0 Å². The summed E-state index contributed by atoms with van der Waals surface area (Å²) >= 11 is 0. The molecule has 2 aromatic carbocycles. The lowest BCUT2D eigenvalue weighted by Gasteiger charge is -2.36. The van der Waals surface area contributed by atoms with Crippen molar-refractivity contribution in [3.8, 4) is 11.1 Å². The summed E-state index contributed by atoms with van der Waals surface area (Å²) in [5.41, 5.74) is 8.56. The summed E-state index contributed by atoms with van der Waals surface area (Å²) < 4.78 is 0. The molecule has 0 spiro atoms. The molecule has 1 aliphatic heterocycles. The Morgan fingerprint density at radius 3 is 2.51 bits per heavy atom. The van der Waals surface area contributed by atoms with Crippen molar-refractivity contribution >= 4 is 21.9 Å². The first kappa shape index (κ1) is 24.1. The second-order valence-electron chi connectivity index (χ2n) is 11.4. The Morgan fingerprint density at radius 2 is 1.72 bits per heavy atom. The minimum absolute atomic E-state index is 0.0573. The molecule has 2 aliphatic rings. The normalized spacial score (nSPS) is 20.6. The molecule has 0 saturated carbocycles. The van der Waals surface area contributed by atoms with Gasteiger partial charge in [0.05, 0.1) is 0 Å². The van der Waals surface area contributed by atoms with Crippen LogP contribution < -0.4 is 0 Å². The second-order valence-corrected chi connectivity index (χ2v) is 11.4. The number of hydrogen-bond donors (Lipinski definition) is 2. The van der Waals surface area contributed by atoms with Crippen LogP contribution in [0.4, 0.5) is 0 Å². The van der Waals surface area contributed by atoms with Crippen LogP contribution in [-0.4, -0.2) is 57.5 Å². The van der Waals surface area contributed by atoms with E-state index in [1.54, 1.807) is 0 Å². The Labute approximate surface area is 229 Å². The van der Waals surface area contributed by atoms with Gasteiger partial charge in [0.1, 0.15) is 5.65 Å². The Bertz CT molecular complexity index is 1670. The van der Waals surface area contributed by atoms with Gasteiger partial charge < -0.3 is 9.97 Å². The van der Waals surface area contributed by atoms with Gasteiger partial charge in [-0.05, 0) is 58.3 Å². The molecule has 5 aromatic rings. The minimum atomic E-state index is -0.0573. The molecule has 1 fully saturated rings. The number of aromatic nitrogens is 3. The van der Waals surface area contributed by atoms with Gasteiger partial charge in [-0.1, -0.05) is 61.5 Å². The van der Waals surface area contributed by atoms with Crippen LogP contribution in [0.5, 0.6) is 0 Å². The number of nitrogens with one attached hydrogen (secondary N) is 2. The fraction of sp³-hybridized carbons (Fsp3) is 0.265. The van der Waals surface area contributed by atoms with Crippen LogP contribution in [0.1, 0.15) is 24.5 Å². The molecule has 1 unspecified atom stereocenters. The number of benzene rings is 2. The van der Waals surface area contributed by atoms with Crippen LogP contribution in [0.3, 0.4) is 0 Å². The largest absolute Gasteiger partial charge is 0.361 e. The number of aromatic amines is 2. The lowest BCUT2D eigenvalue weighted by Crippen LogP contribution is -2.46. The molecular formula is C34H35N5. The SMILES string of the molecule is CC1(c2cnc3[nH]cc(-c4ccc5[nH]ccc5c4)c3c2)C=CC(CN2CCN(Cc3ccccc3)CC2)=CC1. The van der Waals surface area contributed by atoms with Crippen molar-refractivity contribution in [2.75, 3.05) is 32.7 Å². The van der Waals surface area contributed by atoms with Gasteiger partial charge in [0.15, 0.2) is 0 Å². The first-order valence-electron chi connectivity index (χ1n) is 14.1. The predicted molar refractivity (Wildman–Crippen MR) is 161 cm³/mol. The molecule has 4 heterocycles. The van der Waals surface area contributed by atoms with E-state index in [1.807, 2.05) is 12.4 Å². The Morgan fingerprint density at radius 1 is 0.897 bits per heavy atom. The molecule has 3 aromatic heterocycles. The van der Waals surface area contributed by atoms with Crippen molar-refractivity contribution in [2.45, 2.75) is 25.3 Å². The van der Waals surface area contributed by atoms with Crippen molar-refractivity contribution in [1.82, 2.24) is 24.8 Å².